The van der Waals surface area contributed by atoms with Crippen molar-refractivity contribution in [2.45, 2.75) is 25.7 Å². The van der Waals surface area contributed by atoms with E-state index in [1.165, 1.54) is 37.0 Å². The van der Waals surface area contributed by atoms with Crippen molar-refractivity contribution in [2.24, 2.45) is 4.99 Å². The van der Waals surface area contributed by atoms with E-state index in [0.717, 1.165) is 12.3 Å². The Kier molecular flexibility index (Phi) is 9.58. The monoisotopic (exact) mass is 265 g/mol. The summed E-state index contributed by atoms with van der Waals surface area (Å²) >= 11 is 1.84. The molecule has 0 fully saturated rings. The van der Waals surface area contributed by atoms with Gasteiger partial charge in [0.2, 0.25) is 0 Å². The second kappa shape index (κ2) is 11.3. The van der Waals surface area contributed by atoms with Gasteiger partial charge in [-0.3, -0.25) is 4.99 Å². The highest BCUT2D eigenvalue weighted by atomic mass is 32.2. The molecule has 1 rings (SSSR count). The van der Waals surface area contributed by atoms with Crippen molar-refractivity contribution in [3.8, 4) is 0 Å². The number of nitrogens with zero attached hydrogens (tertiary/aromatic N) is 1. The molecule has 1 aromatic rings. The zero-order valence-electron chi connectivity index (χ0n) is 10.9. The Bertz CT molecular complexity index is 314. The second-order valence-corrected chi connectivity index (χ2v) is 5.42. The molecule has 18 heavy (non-hydrogen) atoms. The molecular formula is C15H23NOS. The van der Waals surface area contributed by atoms with Crippen LogP contribution in [-0.4, -0.2) is 36.0 Å². The molecule has 1 aromatic carbocycles. The molecule has 0 aliphatic rings. The maximum atomic E-state index is 8.62. The van der Waals surface area contributed by atoms with Gasteiger partial charge in [-0.15, -0.1) is 0 Å². The van der Waals surface area contributed by atoms with Crippen molar-refractivity contribution < 1.29 is 5.11 Å². The van der Waals surface area contributed by atoms with Gasteiger partial charge in [-0.25, -0.2) is 0 Å². The molecule has 0 bridgehead atoms. The van der Waals surface area contributed by atoms with Gasteiger partial charge in [0.15, 0.2) is 0 Å². The maximum Gasteiger partial charge on any atom is 0.0521 e. The summed E-state index contributed by atoms with van der Waals surface area (Å²) in [6, 6.07) is 10.2. The Hall–Kier alpha value is -0.800. The van der Waals surface area contributed by atoms with Crippen LogP contribution >= 0.6 is 11.8 Å². The van der Waals surface area contributed by atoms with Crippen molar-refractivity contribution in [2.75, 3.05) is 24.7 Å². The van der Waals surface area contributed by atoms with Crippen molar-refractivity contribution in [3.63, 3.8) is 0 Å². The van der Waals surface area contributed by atoms with Gasteiger partial charge in [-0.2, -0.15) is 11.8 Å². The molecule has 0 atom stereocenters. The minimum atomic E-state index is 0.304. The molecule has 1 N–H and O–H groups in total. The van der Waals surface area contributed by atoms with Gasteiger partial charge < -0.3 is 5.11 Å². The quantitative estimate of drug-likeness (QED) is 0.519. The third-order valence-electron chi connectivity index (χ3n) is 2.60. The summed E-state index contributed by atoms with van der Waals surface area (Å²) in [6.45, 7) is 1.23. The summed E-state index contributed by atoms with van der Waals surface area (Å²) < 4.78 is 0. The molecule has 0 aromatic heterocycles. The average Bonchev–Trinajstić information content (AvgIpc) is 2.42. The van der Waals surface area contributed by atoms with E-state index >= 15 is 0 Å². The number of thioether (sulfide) groups is 1. The van der Waals surface area contributed by atoms with Crippen LogP contribution in [0.15, 0.2) is 35.3 Å². The molecule has 3 heteroatoms. The predicted molar refractivity (Wildman–Crippen MR) is 81.8 cm³/mol. The summed E-state index contributed by atoms with van der Waals surface area (Å²) in [7, 11) is 0. The first-order valence-electron chi connectivity index (χ1n) is 6.67. The molecule has 0 amide bonds. The van der Waals surface area contributed by atoms with E-state index in [-0.39, 0.29) is 0 Å². The molecule has 0 radical (unpaired) electrons. The van der Waals surface area contributed by atoms with E-state index in [1.54, 1.807) is 0 Å². The molecule has 2 nitrogen and oxygen atoms in total. The Balaban J connectivity index is 1.91. The number of benzene rings is 1. The molecule has 0 heterocycles. The van der Waals surface area contributed by atoms with Crippen LogP contribution in [0.4, 0.5) is 0 Å². The Morgan fingerprint density at radius 3 is 2.56 bits per heavy atom. The lowest BCUT2D eigenvalue weighted by atomic mass is 10.2. The molecule has 0 aliphatic carbocycles. The highest BCUT2D eigenvalue weighted by Crippen LogP contribution is 2.07. The van der Waals surface area contributed by atoms with Crippen LogP contribution in [0.3, 0.4) is 0 Å². The van der Waals surface area contributed by atoms with E-state index in [2.05, 4.69) is 17.1 Å². The molecular weight excluding hydrogens is 242 g/mol. The van der Waals surface area contributed by atoms with E-state index in [9.17, 15) is 0 Å². The third kappa shape index (κ3) is 8.31. The number of hydrogen-bond acceptors (Lipinski definition) is 3. The van der Waals surface area contributed by atoms with Crippen LogP contribution < -0.4 is 0 Å². The molecule has 0 saturated heterocycles. The van der Waals surface area contributed by atoms with Gasteiger partial charge in [-0.1, -0.05) is 43.2 Å². The third-order valence-corrected chi connectivity index (χ3v) is 3.65. The molecule has 0 aliphatic heterocycles. The van der Waals surface area contributed by atoms with Crippen molar-refractivity contribution in [1.82, 2.24) is 0 Å². The highest BCUT2D eigenvalue weighted by molar-refractivity contribution is 7.99. The summed E-state index contributed by atoms with van der Waals surface area (Å²) in [4.78, 5) is 4.43. The standard InChI is InChI=1S/C15H23NOS/c17-11-13-18-12-7-2-1-6-10-16-14-15-8-4-3-5-9-15/h3-5,8-9,14,17H,1-2,6-7,10-13H2. The van der Waals surface area contributed by atoms with Gasteiger partial charge >= 0.3 is 0 Å². The summed E-state index contributed by atoms with van der Waals surface area (Å²) in [6.07, 6.45) is 6.92. The number of rotatable bonds is 10. The average molecular weight is 265 g/mol. The lowest BCUT2D eigenvalue weighted by molar-refractivity contribution is 0.322. The SMILES string of the molecule is OCCSCCCCCCN=Cc1ccccc1. The Morgan fingerprint density at radius 2 is 1.78 bits per heavy atom. The van der Waals surface area contributed by atoms with E-state index < -0.39 is 0 Å². The van der Waals surface area contributed by atoms with Crippen LogP contribution in [0, 0.1) is 0 Å². The smallest absolute Gasteiger partial charge is 0.0521 e. The number of aliphatic imine (C=N–C) groups is 1. The molecule has 0 spiro atoms. The number of unbranched alkanes of at least 4 members (excludes halogenated alkanes) is 3. The van der Waals surface area contributed by atoms with Gasteiger partial charge in [0.1, 0.15) is 0 Å². The predicted octanol–water partition coefficient (Wildman–Crippen LogP) is 3.39. The minimum Gasteiger partial charge on any atom is -0.396 e. The van der Waals surface area contributed by atoms with Crippen LogP contribution in [-0.2, 0) is 0 Å². The second-order valence-electron chi connectivity index (χ2n) is 4.20. The van der Waals surface area contributed by atoms with Crippen molar-refractivity contribution in [3.05, 3.63) is 35.9 Å². The minimum absolute atomic E-state index is 0.304. The fraction of sp³-hybridized carbons (Fsp3) is 0.533. The zero-order valence-corrected chi connectivity index (χ0v) is 11.7. The molecule has 0 unspecified atom stereocenters. The van der Waals surface area contributed by atoms with Crippen molar-refractivity contribution >= 4 is 18.0 Å². The lowest BCUT2D eigenvalue weighted by Crippen LogP contribution is -1.90. The zero-order chi connectivity index (χ0) is 12.9. The van der Waals surface area contributed by atoms with Crippen LogP contribution in [0.5, 0.6) is 0 Å². The van der Waals surface area contributed by atoms with Gasteiger partial charge in [0, 0.05) is 18.5 Å². The van der Waals surface area contributed by atoms with E-state index in [4.69, 9.17) is 5.11 Å². The van der Waals surface area contributed by atoms with Gasteiger partial charge in [-0.05, 0) is 24.2 Å². The maximum absolute atomic E-state index is 8.62. The van der Waals surface area contributed by atoms with Crippen LogP contribution in [0.25, 0.3) is 0 Å². The highest BCUT2D eigenvalue weighted by Gasteiger charge is 1.91. The largest absolute Gasteiger partial charge is 0.396 e. The Morgan fingerprint density at radius 1 is 1.00 bits per heavy atom. The first-order chi connectivity index (χ1) is 8.93. The first kappa shape index (κ1) is 15.3. The summed E-state index contributed by atoms with van der Waals surface area (Å²) in [5.74, 6) is 2.05. The first-order valence-corrected chi connectivity index (χ1v) is 7.82. The van der Waals surface area contributed by atoms with Crippen molar-refractivity contribution in [1.29, 1.82) is 0 Å². The molecule has 0 saturated carbocycles. The van der Waals surface area contributed by atoms with E-state index in [0.29, 0.717) is 6.61 Å². The Labute approximate surface area is 115 Å². The fourth-order valence-corrected chi connectivity index (χ4v) is 2.38. The summed E-state index contributed by atoms with van der Waals surface area (Å²) in [5.41, 5.74) is 1.18. The summed E-state index contributed by atoms with van der Waals surface area (Å²) in [5, 5.41) is 8.62. The van der Waals surface area contributed by atoms with Crippen LogP contribution in [0.1, 0.15) is 31.2 Å². The van der Waals surface area contributed by atoms with Gasteiger partial charge in [0.05, 0.1) is 6.61 Å². The molecule has 100 valence electrons. The van der Waals surface area contributed by atoms with Gasteiger partial charge in [0.25, 0.3) is 0 Å². The van der Waals surface area contributed by atoms with Crippen LogP contribution in [0.2, 0.25) is 0 Å². The topological polar surface area (TPSA) is 32.6 Å². The lowest BCUT2D eigenvalue weighted by Gasteiger charge is -1.99. The number of aliphatic hydroxyl groups excluding tert-OH is 1. The number of hydrogen-bond donors (Lipinski definition) is 1. The number of aliphatic hydroxyl groups is 1. The normalized spacial score (nSPS) is 11.2. The fourth-order valence-electron chi connectivity index (χ4n) is 1.64. The van der Waals surface area contributed by atoms with E-state index in [1.807, 2.05) is 36.2 Å².